The first-order valence-corrected chi connectivity index (χ1v) is 3.15. The number of phenols is 1. The van der Waals surface area contributed by atoms with Gasteiger partial charge in [-0.15, -0.1) is 0 Å². The SMILES string of the molecule is COc1cccc(O)c1.O=CO. The third kappa shape index (κ3) is 4.16. The van der Waals surface area contributed by atoms with Gasteiger partial charge in [0.1, 0.15) is 11.5 Å². The van der Waals surface area contributed by atoms with Crippen molar-refractivity contribution in [3.05, 3.63) is 24.3 Å². The van der Waals surface area contributed by atoms with E-state index in [1.807, 2.05) is 0 Å². The minimum Gasteiger partial charge on any atom is -0.508 e. The molecule has 0 saturated carbocycles. The Hall–Kier alpha value is -1.71. The van der Waals surface area contributed by atoms with Gasteiger partial charge in [-0.1, -0.05) is 6.07 Å². The summed E-state index contributed by atoms with van der Waals surface area (Å²) in [6.45, 7) is -0.250. The van der Waals surface area contributed by atoms with E-state index in [1.54, 1.807) is 31.4 Å². The van der Waals surface area contributed by atoms with Crippen LogP contribution in [0.5, 0.6) is 11.5 Å². The molecule has 0 unspecified atom stereocenters. The molecule has 4 nitrogen and oxygen atoms in total. The molecule has 0 aliphatic rings. The van der Waals surface area contributed by atoms with Crippen LogP contribution < -0.4 is 4.74 Å². The summed E-state index contributed by atoms with van der Waals surface area (Å²) in [7, 11) is 1.56. The van der Waals surface area contributed by atoms with Crippen LogP contribution in [0.25, 0.3) is 0 Å². The summed E-state index contributed by atoms with van der Waals surface area (Å²) in [4.78, 5) is 8.36. The lowest BCUT2D eigenvalue weighted by Crippen LogP contribution is -1.79. The van der Waals surface area contributed by atoms with Gasteiger partial charge in [0.05, 0.1) is 7.11 Å². The Kier molecular flexibility index (Phi) is 5.17. The summed E-state index contributed by atoms with van der Waals surface area (Å²) >= 11 is 0. The maximum Gasteiger partial charge on any atom is 0.290 e. The Morgan fingerprint density at radius 2 is 2.08 bits per heavy atom. The molecule has 0 saturated heterocycles. The predicted octanol–water partition coefficient (Wildman–Crippen LogP) is 1.10. The van der Waals surface area contributed by atoms with Gasteiger partial charge in [0.15, 0.2) is 0 Å². The van der Waals surface area contributed by atoms with E-state index in [9.17, 15) is 0 Å². The number of rotatable bonds is 1. The number of benzene rings is 1. The Bertz CT molecular complexity index is 234. The number of aromatic hydroxyl groups is 1. The Balaban J connectivity index is 0.000000354. The van der Waals surface area contributed by atoms with Crippen LogP contribution >= 0.6 is 0 Å². The van der Waals surface area contributed by atoms with E-state index >= 15 is 0 Å². The van der Waals surface area contributed by atoms with Crippen LogP contribution in [0.1, 0.15) is 0 Å². The topological polar surface area (TPSA) is 66.8 Å². The molecular weight excluding hydrogens is 160 g/mol. The van der Waals surface area contributed by atoms with Gasteiger partial charge in [0.25, 0.3) is 6.47 Å². The first kappa shape index (κ1) is 10.3. The monoisotopic (exact) mass is 170 g/mol. The van der Waals surface area contributed by atoms with Gasteiger partial charge in [0.2, 0.25) is 0 Å². The third-order valence-electron chi connectivity index (χ3n) is 1.05. The van der Waals surface area contributed by atoms with Gasteiger partial charge in [0, 0.05) is 6.07 Å². The van der Waals surface area contributed by atoms with E-state index in [2.05, 4.69) is 0 Å². The summed E-state index contributed by atoms with van der Waals surface area (Å²) in [5.74, 6) is 0.907. The molecule has 1 aromatic rings. The normalized spacial score (nSPS) is 7.75. The van der Waals surface area contributed by atoms with Crippen molar-refractivity contribution in [1.82, 2.24) is 0 Å². The van der Waals surface area contributed by atoms with Crippen LogP contribution in [0, 0.1) is 0 Å². The van der Waals surface area contributed by atoms with Gasteiger partial charge in [-0.25, -0.2) is 0 Å². The largest absolute Gasteiger partial charge is 0.508 e. The van der Waals surface area contributed by atoms with Crippen LogP contribution in [0.4, 0.5) is 0 Å². The smallest absolute Gasteiger partial charge is 0.290 e. The van der Waals surface area contributed by atoms with Crippen molar-refractivity contribution in [1.29, 1.82) is 0 Å². The molecule has 0 aliphatic heterocycles. The third-order valence-corrected chi connectivity index (χ3v) is 1.05. The molecule has 0 heterocycles. The zero-order chi connectivity index (χ0) is 9.40. The van der Waals surface area contributed by atoms with Crippen LogP contribution in [0.2, 0.25) is 0 Å². The Morgan fingerprint density at radius 1 is 1.50 bits per heavy atom. The lowest BCUT2D eigenvalue weighted by molar-refractivity contribution is -0.122. The highest BCUT2D eigenvalue weighted by atomic mass is 16.5. The minimum absolute atomic E-state index is 0.231. The first-order valence-electron chi connectivity index (χ1n) is 3.15. The number of methoxy groups -OCH3 is 1. The van der Waals surface area contributed by atoms with Crippen LogP contribution in [0.15, 0.2) is 24.3 Å². The van der Waals surface area contributed by atoms with Crippen molar-refractivity contribution >= 4 is 6.47 Å². The Labute approximate surface area is 70.0 Å². The highest BCUT2D eigenvalue weighted by Crippen LogP contribution is 2.16. The lowest BCUT2D eigenvalue weighted by atomic mass is 10.3. The second-order valence-corrected chi connectivity index (χ2v) is 1.81. The van der Waals surface area contributed by atoms with E-state index < -0.39 is 0 Å². The maximum atomic E-state index is 8.86. The van der Waals surface area contributed by atoms with Crippen molar-refractivity contribution in [2.24, 2.45) is 0 Å². The second kappa shape index (κ2) is 6.03. The molecule has 4 heteroatoms. The van der Waals surface area contributed by atoms with Crippen LogP contribution in [0.3, 0.4) is 0 Å². The fourth-order valence-corrected chi connectivity index (χ4v) is 0.610. The predicted molar refractivity (Wildman–Crippen MR) is 43.4 cm³/mol. The molecular formula is C8H10O4. The van der Waals surface area contributed by atoms with Gasteiger partial charge in [-0.3, -0.25) is 4.79 Å². The van der Waals surface area contributed by atoms with E-state index in [0.29, 0.717) is 5.75 Å². The molecule has 12 heavy (non-hydrogen) atoms. The summed E-state index contributed by atoms with van der Waals surface area (Å²) < 4.78 is 4.84. The molecule has 0 amide bonds. The van der Waals surface area contributed by atoms with Gasteiger partial charge >= 0.3 is 0 Å². The highest BCUT2D eigenvalue weighted by molar-refractivity contribution is 5.32. The molecule has 1 rings (SSSR count). The van der Waals surface area contributed by atoms with E-state index in [-0.39, 0.29) is 12.2 Å². The number of carbonyl (C=O) groups is 1. The van der Waals surface area contributed by atoms with Crippen molar-refractivity contribution in [3.8, 4) is 11.5 Å². The lowest BCUT2D eigenvalue weighted by Gasteiger charge is -1.97. The van der Waals surface area contributed by atoms with Crippen LogP contribution in [-0.2, 0) is 4.79 Å². The van der Waals surface area contributed by atoms with Crippen molar-refractivity contribution in [3.63, 3.8) is 0 Å². The molecule has 0 aliphatic carbocycles. The molecule has 0 aromatic heterocycles. The molecule has 0 spiro atoms. The highest BCUT2D eigenvalue weighted by Gasteiger charge is 1.88. The molecule has 66 valence electrons. The van der Waals surface area contributed by atoms with E-state index in [0.717, 1.165) is 0 Å². The minimum atomic E-state index is -0.250. The summed E-state index contributed by atoms with van der Waals surface area (Å²) in [5.41, 5.74) is 0. The van der Waals surface area contributed by atoms with E-state index in [4.69, 9.17) is 19.7 Å². The summed E-state index contributed by atoms with van der Waals surface area (Å²) in [5, 5.41) is 15.8. The van der Waals surface area contributed by atoms with Crippen LogP contribution in [-0.4, -0.2) is 23.8 Å². The quantitative estimate of drug-likeness (QED) is 0.619. The fraction of sp³-hybridized carbons (Fsp3) is 0.125. The number of phenolic OH excluding ortho intramolecular Hbond substituents is 1. The van der Waals surface area contributed by atoms with Gasteiger partial charge in [-0.05, 0) is 12.1 Å². The summed E-state index contributed by atoms with van der Waals surface area (Å²) in [6.07, 6.45) is 0. The number of hydrogen-bond donors (Lipinski definition) is 2. The van der Waals surface area contributed by atoms with Gasteiger partial charge < -0.3 is 14.9 Å². The molecule has 0 atom stereocenters. The average molecular weight is 170 g/mol. The molecule has 0 bridgehead atoms. The molecule has 2 N–H and O–H groups in total. The van der Waals surface area contributed by atoms with Crippen molar-refractivity contribution in [2.75, 3.05) is 7.11 Å². The number of hydrogen-bond acceptors (Lipinski definition) is 3. The van der Waals surface area contributed by atoms with Gasteiger partial charge in [-0.2, -0.15) is 0 Å². The fourth-order valence-electron chi connectivity index (χ4n) is 0.610. The van der Waals surface area contributed by atoms with Crippen molar-refractivity contribution < 1.29 is 19.7 Å². The molecule has 0 radical (unpaired) electrons. The average Bonchev–Trinajstić information content (AvgIpc) is 2.06. The Morgan fingerprint density at radius 3 is 2.42 bits per heavy atom. The first-order chi connectivity index (χ1) is 5.74. The maximum absolute atomic E-state index is 8.86. The zero-order valence-corrected chi connectivity index (χ0v) is 6.60. The van der Waals surface area contributed by atoms with E-state index in [1.165, 1.54) is 0 Å². The number of ether oxygens (including phenoxy) is 1. The second-order valence-electron chi connectivity index (χ2n) is 1.81. The summed E-state index contributed by atoms with van der Waals surface area (Å²) in [6, 6.07) is 6.66. The molecule has 1 aromatic carbocycles. The number of carboxylic acid groups (broad SMARTS) is 1. The standard InChI is InChI=1S/C7H8O2.CH2O2/c1-9-7-4-2-3-6(8)5-7;2-1-3/h2-5,8H,1H3;1H,(H,2,3). The molecule has 0 fully saturated rings. The van der Waals surface area contributed by atoms with Crippen molar-refractivity contribution in [2.45, 2.75) is 0 Å². The zero-order valence-electron chi connectivity index (χ0n) is 6.60.